The molecule has 0 aliphatic heterocycles. The van der Waals surface area contributed by atoms with Crippen LogP contribution in [0, 0.1) is 6.92 Å². The molecule has 4 aromatic rings. The lowest BCUT2D eigenvalue weighted by Crippen LogP contribution is -2.13. The summed E-state index contributed by atoms with van der Waals surface area (Å²) in [6.07, 6.45) is 0. The van der Waals surface area contributed by atoms with Crippen LogP contribution in [0.2, 0.25) is 0 Å². The Hall–Kier alpha value is -3.25. The van der Waals surface area contributed by atoms with E-state index in [1.807, 2.05) is 60.8 Å². The minimum absolute atomic E-state index is 0.280. The molecular weight excluding hydrogens is 358 g/mol. The number of aryl methyl sites for hydroxylation is 1. The maximum atomic E-state index is 12.5. The molecule has 0 aliphatic rings. The van der Waals surface area contributed by atoms with Crippen LogP contribution in [0.4, 0.5) is 5.13 Å². The molecule has 6 heteroatoms. The molecule has 1 amide bonds. The van der Waals surface area contributed by atoms with Gasteiger partial charge in [-0.3, -0.25) is 10.1 Å². The number of hydrogen-bond acceptors (Lipinski definition) is 5. The molecule has 4 rings (SSSR count). The van der Waals surface area contributed by atoms with Crippen LogP contribution < -0.4 is 10.1 Å². The summed E-state index contributed by atoms with van der Waals surface area (Å²) in [4.78, 5) is 21.5. The molecule has 27 heavy (non-hydrogen) atoms. The number of para-hydroxylation sites is 1. The first-order chi connectivity index (χ1) is 13.1. The fraction of sp³-hybridized carbons (Fsp3) is 0.0952. The number of hydrogen-bond donors (Lipinski definition) is 1. The Bertz CT molecular complexity index is 1140. The average molecular weight is 375 g/mol. The van der Waals surface area contributed by atoms with Crippen LogP contribution >= 0.6 is 11.3 Å². The topological polar surface area (TPSA) is 64.1 Å². The monoisotopic (exact) mass is 375 g/mol. The summed E-state index contributed by atoms with van der Waals surface area (Å²) < 4.78 is 5.42. The number of pyridine rings is 1. The number of ether oxygens (including phenoxy) is 1. The number of rotatable bonds is 4. The summed E-state index contributed by atoms with van der Waals surface area (Å²) in [5.41, 5.74) is 3.93. The van der Waals surface area contributed by atoms with Crippen molar-refractivity contribution in [2.75, 3.05) is 12.4 Å². The van der Waals surface area contributed by atoms with Crippen molar-refractivity contribution in [1.82, 2.24) is 9.97 Å². The third kappa shape index (κ3) is 3.52. The van der Waals surface area contributed by atoms with Gasteiger partial charge in [0.1, 0.15) is 11.4 Å². The van der Waals surface area contributed by atoms with Crippen molar-refractivity contribution in [3.8, 4) is 17.0 Å². The van der Waals surface area contributed by atoms with Crippen molar-refractivity contribution in [1.29, 1.82) is 0 Å². The number of nitrogens with zero attached hydrogens (tertiary/aromatic N) is 2. The summed E-state index contributed by atoms with van der Waals surface area (Å²) in [6, 6.07) is 17.2. The zero-order valence-corrected chi connectivity index (χ0v) is 15.7. The molecular formula is C21H17N3O2S. The molecule has 5 nitrogen and oxygen atoms in total. The number of nitrogens with one attached hydrogen (secondary N) is 1. The van der Waals surface area contributed by atoms with Crippen molar-refractivity contribution < 1.29 is 9.53 Å². The lowest BCUT2D eigenvalue weighted by atomic mass is 10.1. The van der Waals surface area contributed by atoms with Gasteiger partial charge in [0.05, 0.1) is 18.3 Å². The normalized spacial score (nSPS) is 10.7. The van der Waals surface area contributed by atoms with Crippen molar-refractivity contribution in [2.24, 2.45) is 0 Å². The average Bonchev–Trinajstić information content (AvgIpc) is 3.16. The van der Waals surface area contributed by atoms with Gasteiger partial charge in [-0.2, -0.15) is 0 Å². The second-order valence-electron chi connectivity index (χ2n) is 6.08. The molecule has 0 atom stereocenters. The van der Waals surface area contributed by atoms with Crippen molar-refractivity contribution in [2.45, 2.75) is 6.92 Å². The Morgan fingerprint density at radius 3 is 2.78 bits per heavy atom. The third-order valence-corrected chi connectivity index (χ3v) is 4.94. The van der Waals surface area contributed by atoms with E-state index < -0.39 is 0 Å². The van der Waals surface area contributed by atoms with Gasteiger partial charge < -0.3 is 4.74 Å². The van der Waals surface area contributed by atoms with E-state index in [4.69, 9.17) is 4.74 Å². The fourth-order valence-corrected chi connectivity index (χ4v) is 3.54. The minimum atomic E-state index is -0.280. The van der Waals surface area contributed by atoms with Gasteiger partial charge >= 0.3 is 0 Å². The quantitative estimate of drug-likeness (QED) is 0.549. The van der Waals surface area contributed by atoms with E-state index in [1.165, 1.54) is 11.3 Å². The van der Waals surface area contributed by atoms with Gasteiger partial charge in [0.2, 0.25) is 0 Å². The molecule has 0 aliphatic carbocycles. The van der Waals surface area contributed by atoms with Gasteiger partial charge in [0.25, 0.3) is 5.91 Å². The van der Waals surface area contributed by atoms with Crippen LogP contribution in [-0.4, -0.2) is 23.0 Å². The number of anilines is 1. The first-order valence-electron chi connectivity index (χ1n) is 8.42. The van der Waals surface area contributed by atoms with Gasteiger partial charge in [0, 0.05) is 16.3 Å². The zero-order chi connectivity index (χ0) is 18.8. The zero-order valence-electron chi connectivity index (χ0n) is 14.9. The number of fused-ring (bicyclic) bond motifs is 1. The molecule has 0 fully saturated rings. The Morgan fingerprint density at radius 2 is 1.93 bits per heavy atom. The molecule has 2 aromatic carbocycles. The molecule has 1 N–H and O–H groups in total. The van der Waals surface area contributed by atoms with Crippen LogP contribution in [0.15, 0.2) is 60.0 Å². The van der Waals surface area contributed by atoms with Gasteiger partial charge in [-0.15, -0.1) is 11.3 Å². The fourth-order valence-electron chi connectivity index (χ4n) is 2.83. The number of carbonyl (C=O) groups excluding carboxylic acids is 1. The van der Waals surface area contributed by atoms with Gasteiger partial charge in [0.15, 0.2) is 5.13 Å². The van der Waals surface area contributed by atoms with Crippen LogP contribution in [0.25, 0.3) is 22.2 Å². The Morgan fingerprint density at radius 1 is 1.07 bits per heavy atom. The van der Waals surface area contributed by atoms with Crippen LogP contribution in [0.3, 0.4) is 0 Å². The molecule has 2 heterocycles. The van der Waals surface area contributed by atoms with Crippen molar-refractivity contribution in [3.63, 3.8) is 0 Å². The van der Waals surface area contributed by atoms with E-state index in [0.717, 1.165) is 33.5 Å². The van der Waals surface area contributed by atoms with E-state index in [0.29, 0.717) is 10.8 Å². The molecule has 0 radical (unpaired) electrons. The van der Waals surface area contributed by atoms with Gasteiger partial charge in [-0.25, -0.2) is 9.97 Å². The highest BCUT2D eigenvalue weighted by Gasteiger charge is 2.14. The van der Waals surface area contributed by atoms with Crippen LogP contribution in [0.1, 0.15) is 16.1 Å². The summed E-state index contributed by atoms with van der Waals surface area (Å²) >= 11 is 1.37. The summed E-state index contributed by atoms with van der Waals surface area (Å²) in [6.45, 7) is 2.02. The highest BCUT2D eigenvalue weighted by molar-refractivity contribution is 7.14. The molecule has 0 spiro atoms. The molecule has 0 saturated heterocycles. The second kappa shape index (κ2) is 7.17. The van der Waals surface area contributed by atoms with Gasteiger partial charge in [-0.1, -0.05) is 35.9 Å². The van der Waals surface area contributed by atoms with E-state index in [1.54, 1.807) is 13.2 Å². The van der Waals surface area contributed by atoms with Crippen LogP contribution in [0.5, 0.6) is 5.75 Å². The minimum Gasteiger partial charge on any atom is -0.496 e. The van der Waals surface area contributed by atoms with E-state index >= 15 is 0 Å². The number of benzene rings is 2. The molecule has 0 bridgehead atoms. The van der Waals surface area contributed by atoms with E-state index in [2.05, 4.69) is 15.3 Å². The lowest BCUT2D eigenvalue weighted by Gasteiger charge is -2.07. The van der Waals surface area contributed by atoms with Crippen molar-refractivity contribution in [3.05, 3.63) is 71.2 Å². The SMILES string of the molecule is COc1ccc(C)cc1-c1csc(NC(=O)c2ccc3ccccc3n2)n1. The van der Waals surface area contributed by atoms with Crippen molar-refractivity contribution >= 4 is 33.3 Å². The first kappa shape index (κ1) is 17.2. The first-order valence-corrected chi connectivity index (χ1v) is 9.30. The highest BCUT2D eigenvalue weighted by atomic mass is 32.1. The second-order valence-corrected chi connectivity index (χ2v) is 6.94. The lowest BCUT2D eigenvalue weighted by molar-refractivity contribution is 0.102. The van der Waals surface area contributed by atoms with Crippen LogP contribution in [-0.2, 0) is 0 Å². The summed E-state index contributed by atoms with van der Waals surface area (Å²) in [5.74, 6) is 0.470. The smallest absolute Gasteiger partial charge is 0.276 e. The largest absolute Gasteiger partial charge is 0.496 e. The Labute approximate surface area is 160 Å². The van der Waals surface area contributed by atoms with E-state index in [-0.39, 0.29) is 5.91 Å². The number of carbonyl (C=O) groups is 1. The molecule has 0 unspecified atom stereocenters. The number of aromatic nitrogens is 2. The Balaban J connectivity index is 1.58. The third-order valence-electron chi connectivity index (χ3n) is 4.19. The standard InChI is InChI=1S/C21H17N3O2S/c1-13-7-10-19(26-2)15(11-13)18-12-27-21(23-18)24-20(25)17-9-8-14-5-3-4-6-16(14)22-17/h3-12H,1-2H3,(H,23,24,25). The highest BCUT2D eigenvalue weighted by Crippen LogP contribution is 2.33. The van der Waals surface area contributed by atoms with E-state index in [9.17, 15) is 4.79 Å². The molecule has 134 valence electrons. The maximum Gasteiger partial charge on any atom is 0.276 e. The molecule has 0 saturated carbocycles. The maximum absolute atomic E-state index is 12.5. The summed E-state index contributed by atoms with van der Waals surface area (Å²) in [5, 5.41) is 6.25. The molecule has 2 aromatic heterocycles. The van der Waals surface area contributed by atoms with Gasteiger partial charge in [-0.05, 0) is 31.2 Å². The number of amides is 1. The Kier molecular flexibility index (Phi) is 4.56. The predicted octanol–water partition coefficient (Wildman–Crippen LogP) is 4.93. The number of thiazole rings is 1. The predicted molar refractivity (Wildman–Crippen MR) is 109 cm³/mol. The number of methoxy groups -OCH3 is 1. The summed E-state index contributed by atoms with van der Waals surface area (Å²) in [7, 11) is 1.63.